The van der Waals surface area contributed by atoms with Crippen LogP contribution in [0.25, 0.3) is 20.9 Å². The third-order valence-electron chi connectivity index (χ3n) is 5.95. The van der Waals surface area contributed by atoms with Crippen LogP contribution < -0.4 is 5.73 Å². The van der Waals surface area contributed by atoms with Crippen molar-refractivity contribution in [2.75, 3.05) is 5.73 Å². The predicted octanol–water partition coefficient (Wildman–Crippen LogP) is 10.9. The number of thiophene rings is 2. The zero-order valence-electron chi connectivity index (χ0n) is 19.4. The molecule has 3 rings (SSSR count). The number of rotatable bonds is 13. The molecular weight excluding hydrogens is 596 g/mol. The summed E-state index contributed by atoms with van der Waals surface area (Å²) in [5, 5.41) is 0. The molecule has 0 saturated heterocycles. The van der Waals surface area contributed by atoms with Crippen LogP contribution in [0, 0.1) is 0 Å². The Hall–Kier alpha value is -0.600. The molecule has 33 heavy (non-hydrogen) atoms. The molecule has 2 N–H and O–H groups in total. The van der Waals surface area contributed by atoms with Crippen molar-refractivity contribution in [1.29, 1.82) is 0 Å². The lowest BCUT2D eigenvalue weighted by Gasteiger charge is -2.10. The third kappa shape index (κ3) is 6.97. The Morgan fingerprint density at radius 1 is 0.788 bits per heavy atom. The largest absolute Gasteiger partial charge is 0.396 e. The average molecular weight is 629 g/mol. The van der Waals surface area contributed by atoms with Gasteiger partial charge in [-0.2, -0.15) is 4.36 Å². The summed E-state index contributed by atoms with van der Waals surface area (Å²) in [5.41, 5.74) is 12.8. The summed E-state index contributed by atoms with van der Waals surface area (Å²) in [7, 11) is 0. The van der Waals surface area contributed by atoms with E-state index in [1.54, 1.807) is 22.7 Å². The molecule has 0 fully saturated rings. The second-order valence-corrected chi connectivity index (χ2v) is 13.4. The van der Waals surface area contributed by atoms with Crippen molar-refractivity contribution in [3.63, 3.8) is 0 Å². The van der Waals surface area contributed by atoms with E-state index in [0.29, 0.717) is 11.4 Å². The molecule has 2 nitrogen and oxygen atoms in total. The third-order valence-corrected chi connectivity index (χ3v) is 10.1. The van der Waals surface area contributed by atoms with E-state index in [4.69, 9.17) is 18.2 Å². The number of benzene rings is 1. The first kappa shape index (κ1) is 27.0. The lowest BCUT2D eigenvalue weighted by molar-refractivity contribution is 0.667. The molecule has 0 aliphatic rings. The zero-order chi connectivity index (χ0) is 23.8. The van der Waals surface area contributed by atoms with Crippen LogP contribution in [0.5, 0.6) is 0 Å². The van der Waals surface area contributed by atoms with Crippen LogP contribution in [-0.2, 0) is 25.3 Å². The molecular formula is C26H32Br2N2S3. The van der Waals surface area contributed by atoms with Gasteiger partial charge < -0.3 is 5.73 Å². The summed E-state index contributed by atoms with van der Waals surface area (Å²) in [4.78, 5) is 2.33. The van der Waals surface area contributed by atoms with Crippen LogP contribution >= 0.6 is 54.5 Å². The molecule has 1 aromatic carbocycles. The van der Waals surface area contributed by atoms with Gasteiger partial charge in [-0.15, -0.1) is 22.7 Å². The quantitative estimate of drug-likeness (QED) is 0.151. The number of anilines is 1. The van der Waals surface area contributed by atoms with Crippen molar-refractivity contribution in [3.05, 3.63) is 43.0 Å². The summed E-state index contributed by atoms with van der Waals surface area (Å²) in [6, 6.07) is 8.80. The maximum atomic E-state index is 6.65. The van der Waals surface area contributed by atoms with Gasteiger partial charge in [0.15, 0.2) is 0 Å². The Kier molecular flexibility index (Phi) is 11.0. The number of nitrogens with two attached hydrogens (primary N) is 1. The first-order valence-electron chi connectivity index (χ1n) is 11.8. The summed E-state index contributed by atoms with van der Waals surface area (Å²) in [5.74, 6) is 0. The minimum absolute atomic E-state index is 0.669. The molecule has 0 bridgehead atoms. The van der Waals surface area contributed by atoms with Crippen molar-refractivity contribution in [2.45, 2.75) is 78.1 Å². The van der Waals surface area contributed by atoms with Gasteiger partial charge in [0.1, 0.15) is 5.69 Å². The fourth-order valence-corrected chi connectivity index (χ4v) is 7.83. The molecule has 0 saturated carbocycles. The molecule has 3 aromatic rings. The number of halogens is 2. The van der Waals surface area contributed by atoms with Gasteiger partial charge in [0, 0.05) is 33.3 Å². The fourth-order valence-electron chi connectivity index (χ4n) is 4.02. The van der Waals surface area contributed by atoms with E-state index in [0.717, 1.165) is 28.8 Å². The molecule has 0 radical (unpaired) electrons. The van der Waals surface area contributed by atoms with Crippen molar-refractivity contribution in [1.82, 2.24) is 0 Å². The van der Waals surface area contributed by atoms with Gasteiger partial charge in [0.2, 0.25) is 0 Å². The number of aryl methyl sites for hydroxylation is 2. The Morgan fingerprint density at radius 2 is 1.27 bits per heavy atom. The van der Waals surface area contributed by atoms with Crippen molar-refractivity contribution >= 4 is 78.3 Å². The molecule has 178 valence electrons. The highest BCUT2D eigenvalue weighted by atomic mass is 79.9. The molecule has 0 aliphatic heterocycles. The number of nitrogen functional groups attached to an aromatic ring is 1. The van der Waals surface area contributed by atoms with Crippen LogP contribution in [0.4, 0.5) is 11.4 Å². The van der Waals surface area contributed by atoms with Crippen LogP contribution in [0.15, 0.2) is 36.2 Å². The van der Waals surface area contributed by atoms with Gasteiger partial charge >= 0.3 is 0 Å². The summed E-state index contributed by atoms with van der Waals surface area (Å²) < 4.78 is 6.59. The van der Waals surface area contributed by atoms with Crippen molar-refractivity contribution in [3.8, 4) is 20.9 Å². The molecule has 0 unspecified atom stereocenters. The summed E-state index contributed by atoms with van der Waals surface area (Å²) in [6.07, 6.45) is 12.3. The van der Waals surface area contributed by atoms with E-state index in [9.17, 15) is 0 Å². The molecule has 7 heteroatoms. The number of hydrogen-bond donors (Lipinski definition) is 1. The average Bonchev–Trinajstić information content (AvgIpc) is 3.36. The van der Waals surface area contributed by atoms with Gasteiger partial charge in [-0.25, -0.2) is 0 Å². The Bertz CT molecular complexity index is 1070. The zero-order valence-corrected chi connectivity index (χ0v) is 25.0. The summed E-state index contributed by atoms with van der Waals surface area (Å²) in [6.45, 7) is 4.49. The minimum atomic E-state index is 0.669. The number of hydrogen-bond acceptors (Lipinski definition) is 5. The topological polar surface area (TPSA) is 38.4 Å². The minimum Gasteiger partial charge on any atom is -0.396 e. The van der Waals surface area contributed by atoms with Gasteiger partial charge in [-0.3, -0.25) is 0 Å². The number of nitrogens with zero attached hydrogens (tertiary/aromatic N) is 1. The first-order chi connectivity index (χ1) is 16.0. The van der Waals surface area contributed by atoms with E-state index in [1.165, 1.54) is 74.9 Å². The van der Waals surface area contributed by atoms with Gasteiger partial charge in [-0.05, 0) is 80.8 Å². The van der Waals surface area contributed by atoms with Crippen LogP contribution in [0.3, 0.4) is 0 Å². The highest BCUT2D eigenvalue weighted by molar-refractivity contribution is 9.11. The standard InChI is InChI=1S/C26H32Br2N2S3/c1-3-5-7-9-11-17-15-21(32-25(17)27)19-13-14-20(24(30-31)23(19)29)22-16-18(26(28)33-22)12-10-8-6-4-2/h13-16H,3-12,29H2,1-2H3. The first-order valence-corrected chi connectivity index (χ1v) is 15.4. The van der Waals surface area contributed by atoms with E-state index >= 15 is 0 Å². The van der Waals surface area contributed by atoms with Crippen molar-refractivity contribution < 1.29 is 0 Å². The molecule has 0 amide bonds. The lowest BCUT2D eigenvalue weighted by Crippen LogP contribution is -1.91. The number of unbranched alkanes of at least 4 members (excludes halogenated alkanes) is 6. The maximum absolute atomic E-state index is 6.65. The van der Waals surface area contributed by atoms with Crippen LogP contribution in [0.2, 0.25) is 0 Å². The normalized spacial score (nSPS) is 11.3. The fraction of sp³-hybridized carbons (Fsp3) is 0.462. The Labute approximate surface area is 228 Å². The highest BCUT2D eigenvalue weighted by Gasteiger charge is 2.18. The van der Waals surface area contributed by atoms with Gasteiger partial charge in [-0.1, -0.05) is 64.5 Å². The maximum Gasteiger partial charge on any atom is 0.109 e. The second-order valence-electron chi connectivity index (χ2n) is 8.45. The predicted molar refractivity (Wildman–Crippen MR) is 158 cm³/mol. The Balaban J connectivity index is 1.85. The molecule has 0 spiro atoms. The van der Waals surface area contributed by atoms with Crippen LogP contribution in [0.1, 0.15) is 76.3 Å². The molecule has 0 atom stereocenters. The van der Waals surface area contributed by atoms with Crippen molar-refractivity contribution in [2.24, 2.45) is 4.36 Å². The Morgan fingerprint density at radius 3 is 1.76 bits per heavy atom. The smallest absolute Gasteiger partial charge is 0.109 e. The molecule has 2 heterocycles. The highest BCUT2D eigenvalue weighted by Crippen LogP contribution is 2.47. The lowest BCUT2D eigenvalue weighted by atomic mass is 10.0. The van der Waals surface area contributed by atoms with E-state index in [-0.39, 0.29) is 0 Å². The van der Waals surface area contributed by atoms with Gasteiger partial charge in [0.25, 0.3) is 0 Å². The van der Waals surface area contributed by atoms with Gasteiger partial charge in [0.05, 0.1) is 13.3 Å². The second kappa shape index (κ2) is 13.5. The molecule has 0 aliphatic carbocycles. The van der Waals surface area contributed by atoms with Crippen LogP contribution in [-0.4, -0.2) is 0 Å². The molecule has 2 aromatic heterocycles. The monoisotopic (exact) mass is 626 g/mol. The van der Waals surface area contributed by atoms with E-state index in [2.05, 4.69) is 74.3 Å². The summed E-state index contributed by atoms with van der Waals surface area (Å²) >= 11 is 16.2. The van der Waals surface area contributed by atoms with E-state index in [1.807, 2.05) is 0 Å². The SMILES string of the molecule is CCCCCCc1cc(-c2ccc(-c3cc(CCCCCC)c(Br)s3)c(N=S)c2N)sc1Br. The van der Waals surface area contributed by atoms with E-state index < -0.39 is 0 Å².